The summed E-state index contributed by atoms with van der Waals surface area (Å²) in [5, 5.41) is 4.14. The van der Waals surface area contributed by atoms with E-state index in [2.05, 4.69) is 22.0 Å². The monoisotopic (exact) mass is 661 g/mol. The Kier molecular flexibility index (Phi) is 9.05. The molecule has 0 saturated heterocycles. The standard InChI is InChI=1S/C35H47N7O4S/c1-19(37-34(44)35(3,4)5)26-12-10-22-14-27(41(32(22)38-26)17-21-8-9-21)31-20(2)42-29(39-31)15-23(16-30(42)46-7)33(43)40(6)18-24-25(36)11-13-28(24)47-45/h10,12,14-16,19,21,24-25,28,45H,8-9,11,13,17-18,36H2,1-7H3,(H,37,44)/t19-,24?,25+,28-/m1/s1. The molecule has 0 aromatic carbocycles. The number of aryl methyl sites for hydroxylation is 1. The van der Waals surface area contributed by atoms with Gasteiger partial charge in [0.05, 0.1) is 30.2 Å². The number of ether oxygens (including phenoxy) is 1. The number of carbonyl (C=O) groups is 2. The lowest BCUT2D eigenvalue weighted by Gasteiger charge is -2.27. The summed E-state index contributed by atoms with van der Waals surface area (Å²) < 4.78 is 19.8. The van der Waals surface area contributed by atoms with Crippen LogP contribution in [0.5, 0.6) is 5.88 Å². The molecule has 6 rings (SSSR count). The van der Waals surface area contributed by atoms with Gasteiger partial charge in [0, 0.05) is 59.8 Å². The molecular weight excluding hydrogens is 614 g/mol. The summed E-state index contributed by atoms with van der Waals surface area (Å²) in [5.41, 5.74) is 11.3. The molecule has 2 saturated carbocycles. The van der Waals surface area contributed by atoms with E-state index in [4.69, 9.17) is 20.4 Å². The number of amides is 2. The molecule has 11 nitrogen and oxygen atoms in total. The SMILES string of the molecule is COc1cc(C(=O)N(C)CC2[C@@H](N)CC[C@H]2SO)cc2nc(-c3cc4ccc([C@@H](C)NC(=O)C(C)(C)C)nc4n3CC3CC3)c(C)n12. The fourth-order valence-electron chi connectivity index (χ4n) is 6.67. The summed E-state index contributed by atoms with van der Waals surface area (Å²) in [6.07, 6.45) is 4.03. The van der Waals surface area contributed by atoms with Crippen molar-refractivity contribution in [3.8, 4) is 17.3 Å². The average Bonchev–Trinajstić information content (AvgIpc) is 3.58. The molecule has 1 unspecified atom stereocenters. The molecule has 0 bridgehead atoms. The number of methoxy groups -OCH3 is 1. The predicted octanol–water partition coefficient (Wildman–Crippen LogP) is 5.69. The summed E-state index contributed by atoms with van der Waals surface area (Å²) in [4.78, 5) is 38.3. The summed E-state index contributed by atoms with van der Waals surface area (Å²) in [6.45, 7) is 11.0. The van der Waals surface area contributed by atoms with E-state index >= 15 is 0 Å². The van der Waals surface area contributed by atoms with Crippen molar-refractivity contribution in [2.75, 3.05) is 20.7 Å². The first kappa shape index (κ1) is 33.3. The van der Waals surface area contributed by atoms with E-state index in [1.54, 1.807) is 25.1 Å². The van der Waals surface area contributed by atoms with Crippen molar-refractivity contribution in [2.24, 2.45) is 23.0 Å². The van der Waals surface area contributed by atoms with Gasteiger partial charge in [-0.2, -0.15) is 0 Å². The number of nitrogens with zero attached hydrogens (tertiary/aromatic N) is 5. The molecule has 2 aliphatic carbocycles. The topological polar surface area (TPSA) is 140 Å². The lowest BCUT2D eigenvalue weighted by molar-refractivity contribution is -0.129. The van der Waals surface area contributed by atoms with E-state index in [0.29, 0.717) is 29.6 Å². The highest BCUT2D eigenvalue weighted by atomic mass is 32.2. The maximum Gasteiger partial charge on any atom is 0.253 e. The molecule has 0 spiro atoms. The van der Waals surface area contributed by atoms with Gasteiger partial charge in [0.15, 0.2) is 5.88 Å². The lowest BCUT2D eigenvalue weighted by Crippen LogP contribution is -2.40. The zero-order chi connectivity index (χ0) is 33.8. The number of carbonyl (C=O) groups excluding carboxylic acids is 2. The molecule has 4 heterocycles. The minimum absolute atomic E-state index is 0.0186. The Labute approximate surface area is 280 Å². The quantitative estimate of drug-likeness (QED) is 0.184. The Balaban J connectivity index is 1.37. The zero-order valence-electron chi connectivity index (χ0n) is 28.4. The molecule has 2 aliphatic rings. The number of rotatable bonds is 10. The Hall–Kier alpha value is -3.61. The number of aromatic nitrogens is 4. The number of nitrogens with one attached hydrogen (secondary N) is 1. The van der Waals surface area contributed by atoms with Crippen molar-refractivity contribution in [3.05, 3.63) is 47.3 Å². The van der Waals surface area contributed by atoms with Crippen LogP contribution in [0.4, 0.5) is 0 Å². The summed E-state index contributed by atoms with van der Waals surface area (Å²) >= 11 is 0.844. The van der Waals surface area contributed by atoms with Gasteiger partial charge in [-0.1, -0.05) is 20.8 Å². The van der Waals surface area contributed by atoms with Crippen LogP contribution < -0.4 is 15.8 Å². The highest BCUT2D eigenvalue weighted by Crippen LogP contribution is 2.38. The van der Waals surface area contributed by atoms with Gasteiger partial charge in [0.25, 0.3) is 5.91 Å². The predicted molar refractivity (Wildman–Crippen MR) is 186 cm³/mol. The van der Waals surface area contributed by atoms with Crippen LogP contribution in [0.25, 0.3) is 28.1 Å². The van der Waals surface area contributed by atoms with Crippen molar-refractivity contribution < 1.29 is 18.9 Å². The summed E-state index contributed by atoms with van der Waals surface area (Å²) in [6, 6.07) is 9.46. The van der Waals surface area contributed by atoms with Crippen molar-refractivity contribution in [1.82, 2.24) is 29.2 Å². The number of hydrogen-bond acceptors (Lipinski definition) is 8. The minimum atomic E-state index is -0.495. The van der Waals surface area contributed by atoms with Gasteiger partial charge in [0.1, 0.15) is 17.0 Å². The molecule has 2 fully saturated rings. The van der Waals surface area contributed by atoms with Crippen molar-refractivity contribution in [3.63, 3.8) is 0 Å². The lowest BCUT2D eigenvalue weighted by atomic mass is 9.95. The van der Waals surface area contributed by atoms with E-state index < -0.39 is 5.41 Å². The third-order valence-corrected chi connectivity index (χ3v) is 10.6. The van der Waals surface area contributed by atoms with Crippen LogP contribution in [0.15, 0.2) is 30.3 Å². The minimum Gasteiger partial charge on any atom is -0.482 e. The van der Waals surface area contributed by atoms with Gasteiger partial charge in [-0.3, -0.25) is 14.0 Å². The highest BCUT2D eigenvalue weighted by Gasteiger charge is 2.36. The molecular formula is C35H47N7O4S. The van der Waals surface area contributed by atoms with Gasteiger partial charge in [0.2, 0.25) is 5.91 Å². The highest BCUT2D eigenvalue weighted by molar-refractivity contribution is 7.94. The maximum atomic E-state index is 13.7. The first-order chi connectivity index (χ1) is 22.3. The number of pyridine rings is 2. The van der Waals surface area contributed by atoms with Crippen molar-refractivity contribution in [1.29, 1.82) is 0 Å². The number of fused-ring (bicyclic) bond motifs is 2. The van der Waals surface area contributed by atoms with Gasteiger partial charge >= 0.3 is 0 Å². The van der Waals surface area contributed by atoms with Crippen LogP contribution in [-0.4, -0.2) is 72.2 Å². The molecule has 0 aliphatic heterocycles. The third kappa shape index (κ3) is 6.47. The van der Waals surface area contributed by atoms with Gasteiger partial charge in [-0.05, 0) is 81.8 Å². The van der Waals surface area contributed by atoms with Crippen LogP contribution in [0.1, 0.15) is 81.2 Å². The van der Waals surface area contributed by atoms with Gasteiger partial charge in [-0.25, -0.2) is 9.97 Å². The van der Waals surface area contributed by atoms with Crippen LogP contribution in [0, 0.1) is 24.2 Å². The summed E-state index contributed by atoms with van der Waals surface area (Å²) in [7, 11) is 3.37. The maximum absolute atomic E-state index is 13.7. The van der Waals surface area contributed by atoms with Crippen molar-refractivity contribution >= 4 is 40.5 Å². The van der Waals surface area contributed by atoms with E-state index in [9.17, 15) is 14.1 Å². The molecule has 4 aromatic heterocycles. The number of hydrogen-bond donors (Lipinski definition) is 3. The van der Waals surface area contributed by atoms with Crippen molar-refractivity contribution in [2.45, 2.75) is 84.2 Å². The molecule has 4 N–H and O–H groups in total. The van der Waals surface area contributed by atoms with E-state index in [1.165, 1.54) is 12.8 Å². The van der Waals surface area contributed by atoms with Crippen LogP contribution in [0.3, 0.4) is 0 Å². The fourth-order valence-corrected chi connectivity index (χ4v) is 7.35. The number of nitrogens with two attached hydrogens (primary N) is 1. The first-order valence-electron chi connectivity index (χ1n) is 16.5. The Morgan fingerprint density at radius 1 is 1.17 bits per heavy atom. The molecule has 4 atom stereocenters. The fraction of sp³-hybridized carbons (Fsp3) is 0.543. The Morgan fingerprint density at radius 2 is 1.91 bits per heavy atom. The van der Waals surface area contributed by atoms with Crippen LogP contribution >= 0.6 is 12.0 Å². The van der Waals surface area contributed by atoms with Gasteiger partial charge < -0.3 is 29.8 Å². The average molecular weight is 662 g/mol. The molecule has 12 heteroatoms. The number of imidazole rings is 1. The second-order valence-corrected chi connectivity index (χ2v) is 15.3. The van der Waals surface area contributed by atoms with Gasteiger partial charge in [-0.15, -0.1) is 0 Å². The molecule has 252 valence electrons. The second-order valence-electron chi connectivity index (χ2n) is 14.4. The van der Waals surface area contributed by atoms with E-state index in [-0.39, 0.29) is 35.1 Å². The van der Waals surface area contributed by atoms with E-state index in [1.807, 2.05) is 51.2 Å². The molecule has 4 aromatic rings. The van der Waals surface area contributed by atoms with Crippen LogP contribution in [-0.2, 0) is 11.3 Å². The molecule has 0 radical (unpaired) electrons. The third-order valence-electron chi connectivity index (χ3n) is 9.77. The Morgan fingerprint density at radius 3 is 2.57 bits per heavy atom. The van der Waals surface area contributed by atoms with E-state index in [0.717, 1.165) is 65.2 Å². The molecule has 2 amide bonds. The first-order valence-corrected chi connectivity index (χ1v) is 17.3. The molecule has 47 heavy (non-hydrogen) atoms. The second kappa shape index (κ2) is 12.8. The zero-order valence-corrected chi connectivity index (χ0v) is 29.2. The summed E-state index contributed by atoms with van der Waals surface area (Å²) in [5.74, 6) is 0.947. The largest absolute Gasteiger partial charge is 0.482 e. The Bertz CT molecular complexity index is 1820. The normalized spacial score (nSPS) is 20.6. The smallest absolute Gasteiger partial charge is 0.253 e. The van der Waals surface area contributed by atoms with Crippen LogP contribution in [0.2, 0.25) is 0 Å².